The second-order valence-corrected chi connectivity index (χ2v) is 6.94. The summed E-state index contributed by atoms with van der Waals surface area (Å²) < 4.78 is 19.4. The number of rotatable bonds is 3. The molecule has 4 nitrogen and oxygen atoms in total. The van der Waals surface area contributed by atoms with Crippen LogP contribution in [-0.2, 0) is 0 Å². The zero-order chi connectivity index (χ0) is 20.4. The second kappa shape index (κ2) is 7.89. The van der Waals surface area contributed by atoms with Gasteiger partial charge < -0.3 is 9.73 Å². The number of nitrogens with one attached hydrogen (secondary N) is 1. The van der Waals surface area contributed by atoms with Crippen LogP contribution in [0.5, 0.6) is 0 Å². The molecule has 6 heteroatoms. The number of carbonyl (C=O) groups excluding carboxylic acids is 1. The van der Waals surface area contributed by atoms with Crippen molar-refractivity contribution in [3.05, 3.63) is 100 Å². The van der Waals surface area contributed by atoms with E-state index >= 15 is 0 Å². The summed E-state index contributed by atoms with van der Waals surface area (Å²) in [5, 5.41) is 4.16. The molecule has 4 aromatic rings. The van der Waals surface area contributed by atoms with Gasteiger partial charge in [0.05, 0.1) is 5.69 Å². The molecule has 0 unspecified atom stereocenters. The van der Waals surface area contributed by atoms with Gasteiger partial charge in [-0.25, -0.2) is 9.38 Å². The lowest BCUT2D eigenvalue weighted by Gasteiger charge is -2.07. The van der Waals surface area contributed by atoms with E-state index in [1.54, 1.807) is 49.4 Å². The number of benzene rings is 3. The fourth-order valence-corrected chi connectivity index (χ4v) is 3.03. The highest BCUT2D eigenvalue weighted by Gasteiger charge is 2.13. The first-order valence-electron chi connectivity index (χ1n) is 8.90. The molecule has 29 heavy (non-hydrogen) atoms. The van der Waals surface area contributed by atoms with Crippen molar-refractivity contribution in [3.8, 4) is 0 Å². The van der Waals surface area contributed by atoms with Gasteiger partial charge in [-0.05, 0) is 67.1 Å². The lowest BCUT2D eigenvalue weighted by Crippen LogP contribution is -2.21. The van der Waals surface area contributed by atoms with Crippen LogP contribution < -0.4 is 10.9 Å². The zero-order valence-corrected chi connectivity index (χ0v) is 16.2. The van der Waals surface area contributed by atoms with Crippen molar-refractivity contribution in [2.45, 2.75) is 6.92 Å². The second-order valence-electron chi connectivity index (χ2n) is 6.51. The summed E-state index contributed by atoms with van der Waals surface area (Å²) >= 11 is 5.90. The van der Waals surface area contributed by atoms with Gasteiger partial charge >= 0.3 is 0 Å². The lowest BCUT2D eigenvalue weighted by molar-refractivity contribution is 0.102. The number of amides is 1. The number of para-hydroxylation sites is 1. The van der Waals surface area contributed by atoms with Gasteiger partial charge in [-0.3, -0.25) is 4.79 Å². The number of hydrogen-bond acceptors (Lipinski definition) is 3. The predicted octanol–water partition coefficient (Wildman–Crippen LogP) is 6.02. The van der Waals surface area contributed by atoms with Crippen molar-refractivity contribution < 1.29 is 13.6 Å². The fraction of sp³-hybridized carbons (Fsp3) is 0.0435. The number of aryl methyl sites for hydroxylation is 1. The maximum absolute atomic E-state index is 13.4. The molecule has 144 valence electrons. The molecule has 4 rings (SSSR count). The third kappa shape index (κ3) is 4.20. The highest BCUT2D eigenvalue weighted by molar-refractivity contribution is 6.30. The van der Waals surface area contributed by atoms with Crippen molar-refractivity contribution in [1.82, 2.24) is 0 Å². The number of halogens is 2. The molecule has 0 saturated heterocycles. The van der Waals surface area contributed by atoms with E-state index in [2.05, 4.69) is 10.3 Å². The minimum atomic E-state index is -0.375. The number of nitrogens with zero attached hydrogens (tertiary/aromatic N) is 1. The topological polar surface area (TPSA) is 54.6 Å². The molecular formula is C23H16ClFN2O2. The monoisotopic (exact) mass is 406 g/mol. The Hall–Kier alpha value is -3.44. The Kier molecular flexibility index (Phi) is 5.14. The summed E-state index contributed by atoms with van der Waals surface area (Å²) in [6.45, 7) is 1.75. The van der Waals surface area contributed by atoms with Crippen LogP contribution >= 0.6 is 11.6 Å². The molecular weight excluding hydrogens is 391 g/mol. The molecule has 1 aromatic heterocycles. The van der Waals surface area contributed by atoms with E-state index in [-0.39, 0.29) is 22.8 Å². The van der Waals surface area contributed by atoms with Crippen molar-refractivity contribution in [1.29, 1.82) is 0 Å². The van der Waals surface area contributed by atoms with E-state index in [0.29, 0.717) is 27.5 Å². The SMILES string of the molecule is Cc1cc(F)ccc1N=c1oc2ccccc2cc1C(=O)Nc1ccc(Cl)cc1. The fourth-order valence-electron chi connectivity index (χ4n) is 2.90. The van der Waals surface area contributed by atoms with Crippen molar-refractivity contribution in [3.63, 3.8) is 0 Å². The summed E-state index contributed by atoms with van der Waals surface area (Å²) in [6.07, 6.45) is 0. The summed E-state index contributed by atoms with van der Waals surface area (Å²) in [5.41, 5.74) is 2.75. The van der Waals surface area contributed by atoms with Gasteiger partial charge in [-0.1, -0.05) is 29.8 Å². The maximum atomic E-state index is 13.4. The molecule has 0 atom stereocenters. The molecule has 0 radical (unpaired) electrons. The molecule has 0 saturated carbocycles. The van der Waals surface area contributed by atoms with Crippen molar-refractivity contribution in [2.75, 3.05) is 5.32 Å². The van der Waals surface area contributed by atoms with E-state index in [1.165, 1.54) is 12.1 Å². The van der Waals surface area contributed by atoms with Gasteiger partial charge in [0.25, 0.3) is 5.91 Å². The number of anilines is 1. The van der Waals surface area contributed by atoms with Crippen LogP contribution in [0.15, 0.2) is 82.2 Å². The molecule has 0 fully saturated rings. The third-order valence-electron chi connectivity index (χ3n) is 4.38. The predicted molar refractivity (Wildman–Crippen MR) is 112 cm³/mol. The lowest BCUT2D eigenvalue weighted by atomic mass is 10.1. The van der Waals surface area contributed by atoms with E-state index in [0.717, 1.165) is 5.39 Å². The van der Waals surface area contributed by atoms with Gasteiger partial charge in [-0.15, -0.1) is 0 Å². The highest BCUT2D eigenvalue weighted by Crippen LogP contribution is 2.20. The van der Waals surface area contributed by atoms with Crippen LogP contribution in [-0.4, -0.2) is 5.91 Å². The molecule has 0 bridgehead atoms. The Bertz CT molecular complexity index is 1280. The smallest absolute Gasteiger partial charge is 0.261 e. The minimum Gasteiger partial charge on any atom is -0.438 e. The van der Waals surface area contributed by atoms with E-state index in [9.17, 15) is 9.18 Å². The van der Waals surface area contributed by atoms with Crippen LogP contribution in [0.4, 0.5) is 15.8 Å². The molecule has 0 spiro atoms. The van der Waals surface area contributed by atoms with E-state index in [4.69, 9.17) is 16.0 Å². The molecule has 1 N–H and O–H groups in total. The summed E-state index contributed by atoms with van der Waals surface area (Å²) in [6, 6.07) is 20.1. The first-order chi connectivity index (χ1) is 14.0. The highest BCUT2D eigenvalue weighted by atomic mass is 35.5. The van der Waals surface area contributed by atoms with Crippen LogP contribution in [0.25, 0.3) is 11.0 Å². The average molecular weight is 407 g/mol. The standard InChI is InChI=1S/C23H16ClFN2O2/c1-14-12-17(25)8-11-20(14)27-23-19(13-15-4-2-3-5-21(15)29-23)22(28)26-18-9-6-16(24)7-10-18/h2-13H,1H3,(H,26,28). The molecule has 0 aliphatic heterocycles. The molecule has 0 aliphatic carbocycles. The third-order valence-corrected chi connectivity index (χ3v) is 4.64. The number of hydrogen-bond donors (Lipinski definition) is 1. The first-order valence-corrected chi connectivity index (χ1v) is 9.28. The largest absolute Gasteiger partial charge is 0.438 e. The number of carbonyl (C=O) groups is 1. The Morgan fingerprint density at radius 1 is 1.03 bits per heavy atom. The normalized spacial score (nSPS) is 11.6. The van der Waals surface area contributed by atoms with E-state index in [1.807, 2.05) is 18.2 Å². The first kappa shape index (κ1) is 18.9. The summed E-state index contributed by atoms with van der Waals surface area (Å²) in [4.78, 5) is 17.5. The Morgan fingerprint density at radius 2 is 1.79 bits per heavy atom. The number of fused-ring (bicyclic) bond motifs is 1. The van der Waals surface area contributed by atoms with Gasteiger partial charge in [0.15, 0.2) is 0 Å². The van der Waals surface area contributed by atoms with Crippen LogP contribution in [0.3, 0.4) is 0 Å². The minimum absolute atomic E-state index is 0.143. The molecule has 1 heterocycles. The molecule has 3 aromatic carbocycles. The average Bonchev–Trinajstić information content (AvgIpc) is 2.71. The molecule has 1 amide bonds. The Morgan fingerprint density at radius 3 is 2.55 bits per heavy atom. The maximum Gasteiger partial charge on any atom is 0.261 e. The Labute approximate surface area is 171 Å². The Balaban J connectivity index is 1.84. The zero-order valence-electron chi connectivity index (χ0n) is 15.4. The van der Waals surface area contributed by atoms with Gasteiger partial charge in [0.1, 0.15) is 17.0 Å². The van der Waals surface area contributed by atoms with Crippen LogP contribution in [0, 0.1) is 12.7 Å². The van der Waals surface area contributed by atoms with Gasteiger partial charge in [-0.2, -0.15) is 0 Å². The van der Waals surface area contributed by atoms with Crippen molar-refractivity contribution in [2.24, 2.45) is 4.99 Å². The summed E-state index contributed by atoms with van der Waals surface area (Å²) in [5.74, 6) is -0.724. The van der Waals surface area contributed by atoms with Gasteiger partial charge in [0.2, 0.25) is 5.55 Å². The van der Waals surface area contributed by atoms with Crippen molar-refractivity contribution >= 4 is 39.9 Å². The van der Waals surface area contributed by atoms with Crippen LogP contribution in [0.2, 0.25) is 5.02 Å². The van der Waals surface area contributed by atoms with E-state index < -0.39 is 0 Å². The van der Waals surface area contributed by atoms with Gasteiger partial charge in [0, 0.05) is 16.1 Å². The quantitative estimate of drug-likeness (QED) is 0.452. The molecule has 0 aliphatic rings. The van der Waals surface area contributed by atoms with Crippen LogP contribution in [0.1, 0.15) is 15.9 Å². The summed E-state index contributed by atoms with van der Waals surface area (Å²) in [7, 11) is 0.